The van der Waals surface area contributed by atoms with Gasteiger partial charge in [-0.3, -0.25) is 9.78 Å². The van der Waals surface area contributed by atoms with E-state index in [-0.39, 0.29) is 11.9 Å². The molecule has 0 spiro atoms. The maximum atomic E-state index is 13.7. The molecule has 1 aromatic heterocycles. The summed E-state index contributed by atoms with van der Waals surface area (Å²) in [6.45, 7) is 5.72. The average Bonchev–Trinajstić information content (AvgIpc) is 2.90. The van der Waals surface area contributed by atoms with Crippen molar-refractivity contribution >= 4 is 16.8 Å². The summed E-state index contributed by atoms with van der Waals surface area (Å²) < 4.78 is 0. The minimum Gasteiger partial charge on any atom is -0.336 e. The number of pyridine rings is 1. The topological polar surface area (TPSA) is 45.2 Å². The van der Waals surface area contributed by atoms with Gasteiger partial charge in [-0.15, -0.1) is 0 Å². The highest BCUT2D eigenvalue weighted by atomic mass is 16.2. The second-order valence-corrected chi connectivity index (χ2v) is 10.1. The summed E-state index contributed by atoms with van der Waals surface area (Å²) in [4.78, 5) is 20.3. The van der Waals surface area contributed by atoms with Gasteiger partial charge in [-0.25, -0.2) is 0 Å². The number of nitrogens with zero attached hydrogens (tertiary/aromatic N) is 2. The molecule has 1 aliphatic heterocycles. The number of rotatable bonds is 7. The van der Waals surface area contributed by atoms with Gasteiger partial charge in [0.25, 0.3) is 5.91 Å². The van der Waals surface area contributed by atoms with E-state index in [2.05, 4.69) is 89.7 Å². The van der Waals surface area contributed by atoms with Crippen LogP contribution in [-0.2, 0) is 13.0 Å². The number of fused-ring (bicyclic) bond motifs is 1. The highest BCUT2D eigenvalue weighted by molar-refractivity contribution is 5.95. The van der Waals surface area contributed by atoms with Gasteiger partial charge in [0.15, 0.2) is 0 Å². The van der Waals surface area contributed by atoms with Crippen LogP contribution in [0.3, 0.4) is 0 Å². The Bertz CT molecular complexity index is 1310. The van der Waals surface area contributed by atoms with Gasteiger partial charge in [0, 0.05) is 42.3 Å². The van der Waals surface area contributed by atoms with E-state index in [0.29, 0.717) is 6.04 Å². The van der Waals surface area contributed by atoms with Crippen molar-refractivity contribution < 1.29 is 4.79 Å². The number of benzene rings is 3. The number of likely N-dealkylation sites (tertiary alicyclic amines) is 1. The van der Waals surface area contributed by atoms with Crippen molar-refractivity contribution in [1.29, 1.82) is 0 Å². The lowest BCUT2D eigenvalue weighted by atomic mass is 9.91. The fourth-order valence-corrected chi connectivity index (χ4v) is 5.58. The molecule has 1 saturated heterocycles. The first-order valence-corrected chi connectivity index (χ1v) is 13.1. The molecule has 1 N–H and O–H groups in total. The van der Waals surface area contributed by atoms with Crippen molar-refractivity contribution in [3.8, 4) is 0 Å². The molecule has 3 aromatic carbocycles. The zero-order chi connectivity index (χ0) is 24.9. The Morgan fingerprint density at radius 1 is 0.972 bits per heavy atom. The normalized spacial score (nSPS) is 17.9. The molecule has 1 amide bonds. The molecule has 4 heteroatoms. The first-order chi connectivity index (χ1) is 17.6. The van der Waals surface area contributed by atoms with Crippen LogP contribution in [0, 0.1) is 13.8 Å². The van der Waals surface area contributed by atoms with Crippen molar-refractivity contribution in [2.75, 3.05) is 6.54 Å². The van der Waals surface area contributed by atoms with E-state index in [1.165, 1.54) is 16.5 Å². The van der Waals surface area contributed by atoms with Crippen LogP contribution >= 0.6 is 0 Å². The number of aryl methyl sites for hydroxylation is 3. The van der Waals surface area contributed by atoms with Crippen LogP contribution in [0.4, 0.5) is 0 Å². The molecule has 4 aromatic rings. The zero-order valence-corrected chi connectivity index (χ0v) is 21.3. The summed E-state index contributed by atoms with van der Waals surface area (Å²) in [6.07, 6.45) is 5.77. The molecule has 1 fully saturated rings. The van der Waals surface area contributed by atoms with Crippen molar-refractivity contribution in [1.82, 2.24) is 15.2 Å². The molecule has 36 heavy (non-hydrogen) atoms. The number of aromatic nitrogens is 1. The van der Waals surface area contributed by atoms with Crippen LogP contribution in [-0.4, -0.2) is 34.4 Å². The Morgan fingerprint density at radius 3 is 2.53 bits per heavy atom. The summed E-state index contributed by atoms with van der Waals surface area (Å²) >= 11 is 0. The number of amides is 1. The molecule has 184 valence electrons. The summed E-state index contributed by atoms with van der Waals surface area (Å²) in [7, 11) is 0. The Balaban J connectivity index is 1.31. The van der Waals surface area contributed by atoms with Crippen LogP contribution < -0.4 is 5.32 Å². The molecule has 2 heterocycles. The third-order valence-electron chi connectivity index (χ3n) is 7.37. The van der Waals surface area contributed by atoms with Gasteiger partial charge < -0.3 is 10.2 Å². The highest BCUT2D eigenvalue weighted by Crippen LogP contribution is 2.26. The zero-order valence-electron chi connectivity index (χ0n) is 21.3. The largest absolute Gasteiger partial charge is 0.336 e. The quantitative estimate of drug-likeness (QED) is 0.342. The number of piperidine rings is 1. The molecule has 0 aliphatic carbocycles. The van der Waals surface area contributed by atoms with E-state index in [9.17, 15) is 4.79 Å². The van der Waals surface area contributed by atoms with E-state index in [1.54, 1.807) is 0 Å². The van der Waals surface area contributed by atoms with Crippen LogP contribution in [0.2, 0.25) is 0 Å². The monoisotopic (exact) mass is 477 g/mol. The molecule has 2 atom stereocenters. The Hall–Kier alpha value is -3.50. The predicted molar refractivity (Wildman–Crippen MR) is 147 cm³/mol. The lowest BCUT2D eigenvalue weighted by Crippen LogP contribution is -2.51. The Labute approximate surface area is 214 Å². The number of nitrogens with one attached hydrogen (secondary N) is 1. The third-order valence-corrected chi connectivity index (χ3v) is 7.37. The van der Waals surface area contributed by atoms with E-state index >= 15 is 0 Å². The number of para-hydroxylation sites is 1. The SMILES string of the molecule is Cc1cc(C)cc(C(=O)N2CC[C@H](NCc3ccnc4ccccc34)C[C@H]2CCc2ccccc2)c1. The lowest BCUT2D eigenvalue weighted by molar-refractivity contribution is 0.0563. The molecular weight excluding hydrogens is 442 g/mol. The number of carbonyl (C=O) groups excluding carboxylic acids is 1. The molecule has 0 saturated carbocycles. The standard InChI is InChI=1S/C32H35N3O/c1-23-18-24(2)20-27(19-23)32(36)35-17-15-28(21-29(35)13-12-25-8-4-3-5-9-25)34-22-26-14-16-33-31-11-7-6-10-30(26)31/h3-11,14,16,18-20,28-29,34H,12-13,15,17,21-22H2,1-2H3/t28-,29+/m0/s1. The van der Waals surface area contributed by atoms with E-state index in [0.717, 1.165) is 61.0 Å². The first-order valence-electron chi connectivity index (χ1n) is 13.1. The maximum Gasteiger partial charge on any atom is 0.254 e. The minimum atomic E-state index is 0.165. The Morgan fingerprint density at radius 2 is 1.72 bits per heavy atom. The van der Waals surface area contributed by atoms with Crippen molar-refractivity contribution in [3.05, 3.63) is 113 Å². The number of hydrogen-bond donors (Lipinski definition) is 1. The average molecular weight is 478 g/mol. The van der Waals surface area contributed by atoms with E-state index < -0.39 is 0 Å². The van der Waals surface area contributed by atoms with Gasteiger partial charge in [0.05, 0.1) is 5.52 Å². The number of hydrogen-bond acceptors (Lipinski definition) is 3. The van der Waals surface area contributed by atoms with Gasteiger partial charge >= 0.3 is 0 Å². The van der Waals surface area contributed by atoms with Crippen molar-refractivity contribution in [3.63, 3.8) is 0 Å². The fourth-order valence-electron chi connectivity index (χ4n) is 5.58. The molecule has 4 nitrogen and oxygen atoms in total. The van der Waals surface area contributed by atoms with E-state index in [4.69, 9.17) is 0 Å². The van der Waals surface area contributed by atoms with Crippen molar-refractivity contribution in [2.45, 2.75) is 58.2 Å². The molecular formula is C32H35N3O. The van der Waals surface area contributed by atoms with Gasteiger partial charge in [-0.1, -0.05) is 65.7 Å². The first kappa shape index (κ1) is 24.2. The highest BCUT2D eigenvalue weighted by Gasteiger charge is 2.32. The molecule has 1 aliphatic rings. The summed E-state index contributed by atoms with van der Waals surface area (Å²) in [5.74, 6) is 0.165. The maximum absolute atomic E-state index is 13.7. The van der Waals surface area contributed by atoms with Crippen LogP contribution in [0.1, 0.15) is 51.9 Å². The Kier molecular flexibility index (Phi) is 7.43. The van der Waals surface area contributed by atoms with Gasteiger partial charge in [0.2, 0.25) is 0 Å². The van der Waals surface area contributed by atoms with Crippen LogP contribution in [0.15, 0.2) is 85.1 Å². The molecule has 5 rings (SSSR count). The fraction of sp³-hybridized carbons (Fsp3) is 0.312. The summed E-state index contributed by atoms with van der Waals surface area (Å²) in [5.41, 5.74) is 6.73. The smallest absolute Gasteiger partial charge is 0.254 e. The lowest BCUT2D eigenvalue weighted by Gasteiger charge is -2.40. The van der Waals surface area contributed by atoms with Gasteiger partial charge in [-0.2, -0.15) is 0 Å². The minimum absolute atomic E-state index is 0.165. The molecule has 0 bridgehead atoms. The summed E-state index contributed by atoms with van der Waals surface area (Å²) in [5, 5.41) is 5.01. The van der Waals surface area contributed by atoms with Gasteiger partial charge in [0.1, 0.15) is 0 Å². The molecule has 0 unspecified atom stereocenters. The summed E-state index contributed by atoms with van der Waals surface area (Å²) in [6, 6.07) is 27.8. The van der Waals surface area contributed by atoms with Crippen molar-refractivity contribution in [2.24, 2.45) is 0 Å². The number of carbonyl (C=O) groups is 1. The molecule has 0 radical (unpaired) electrons. The van der Waals surface area contributed by atoms with Crippen LogP contribution in [0.5, 0.6) is 0 Å². The predicted octanol–water partition coefficient (Wildman–Crippen LogP) is 6.25. The van der Waals surface area contributed by atoms with Crippen LogP contribution in [0.25, 0.3) is 10.9 Å². The second kappa shape index (κ2) is 11.0. The van der Waals surface area contributed by atoms with E-state index in [1.807, 2.05) is 24.4 Å². The van der Waals surface area contributed by atoms with Gasteiger partial charge in [-0.05, 0) is 74.9 Å². The second-order valence-electron chi connectivity index (χ2n) is 10.1. The third kappa shape index (κ3) is 5.66.